The molecule has 0 spiro atoms. The Labute approximate surface area is 139 Å². The quantitative estimate of drug-likeness (QED) is 0.779. The third-order valence-electron chi connectivity index (χ3n) is 2.99. The van der Waals surface area contributed by atoms with E-state index in [1.54, 1.807) is 24.3 Å². The molecule has 0 aliphatic carbocycles. The van der Waals surface area contributed by atoms with Gasteiger partial charge >= 0.3 is 0 Å². The fourth-order valence-electron chi connectivity index (χ4n) is 2.20. The van der Waals surface area contributed by atoms with Gasteiger partial charge in [-0.15, -0.1) is 10.5 Å². The van der Waals surface area contributed by atoms with Crippen LogP contribution in [0.3, 0.4) is 0 Å². The van der Waals surface area contributed by atoms with Gasteiger partial charge in [0.15, 0.2) is 23.2 Å². The molecule has 0 fully saturated rings. The summed E-state index contributed by atoms with van der Waals surface area (Å²) in [7, 11) is -8.77. The van der Waals surface area contributed by atoms with E-state index in [0.717, 1.165) is 18.1 Å². The van der Waals surface area contributed by atoms with Gasteiger partial charge in [-0.2, -0.15) is 0 Å². The maximum atomic E-state index is 12.2. The average molecular weight is 371 g/mol. The molecule has 0 radical (unpaired) electrons. The molecular formula is C16H18O4S3. The highest BCUT2D eigenvalue weighted by Gasteiger charge is 2.27. The second-order valence-electron chi connectivity index (χ2n) is 5.13. The predicted octanol–water partition coefficient (Wildman–Crippen LogP) is 2.69. The average Bonchev–Trinajstić information content (AvgIpc) is 2.46. The predicted molar refractivity (Wildman–Crippen MR) is 97.1 cm³/mol. The Kier molecular flexibility index (Phi) is 5.44. The first kappa shape index (κ1) is 17.9. The van der Waals surface area contributed by atoms with Crippen molar-refractivity contribution in [2.45, 2.75) is 10.6 Å². The van der Waals surface area contributed by atoms with Crippen LogP contribution in [0.1, 0.15) is 5.56 Å². The molecule has 1 unspecified atom stereocenters. The van der Waals surface area contributed by atoms with E-state index in [9.17, 15) is 16.8 Å². The Morgan fingerprint density at radius 3 is 1.65 bits per heavy atom. The second-order valence-corrected chi connectivity index (χ2v) is 11.8. The zero-order valence-corrected chi connectivity index (χ0v) is 15.3. The van der Waals surface area contributed by atoms with Gasteiger partial charge in [-0.3, -0.25) is 0 Å². The molecule has 2 aromatic carbocycles. The van der Waals surface area contributed by atoms with Crippen molar-refractivity contribution < 1.29 is 16.8 Å². The lowest BCUT2D eigenvalue weighted by molar-refractivity contribution is 0.609. The lowest BCUT2D eigenvalue weighted by Crippen LogP contribution is -2.23. The van der Waals surface area contributed by atoms with Gasteiger partial charge in [0.05, 0.1) is 0 Å². The first-order chi connectivity index (χ1) is 10.7. The van der Waals surface area contributed by atoms with Crippen LogP contribution < -0.4 is 0 Å². The lowest BCUT2D eigenvalue weighted by atomic mass is 10.2. The van der Waals surface area contributed by atoms with Crippen LogP contribution in [-0.2, 0) is 25.4 Å². The first-order valence-electron chi connectivity index (χ1n) is 6.76. The fraction of sp³-hybridized carbons (Fsp3) is 0.188. The molecule has 1 atom stereocenters. The second kappa shape index (κ2) is 6.98. The number of benzene rings is 2. The van der Waals surface area contributed by atoms with Gasteiger partial charge in [0, 0.05) is 23.2 Å². The number of rotatable bonds is 3. The molecule has 0 N–H and O–H groups in total. The zero-order valence-electron chi connectivity index (χ0n) is 12.8. The number of sulfone groups is 2. The summed E-state index contributed by atoms with van der Waals surface area (Å²) in [5.74, 6) is 0.334. The highest BCUT2D eigenvalue weighted by Crippen LogP contribution is 2.35. The molecule has 0 aromatic heterocycles. The van der Waals surface area contributed by atoms with Crippen molar-refractivity contribution in [2.24, 2.45) is 0 Å². The van der Waals surface area contributed by atoms with Crippen molar-refractivity contribution in [1.82, 2.24) is 0 Å². The Hall–Kier alpha value is -1.44. The van der Waals surface area contributed by atoms with Crippen LogP contribution in [0.5, 0.6) is 0 Å². The van der Waals surface area contributed by atoms with Crippen LogP contribution in [0.2, 0.25) is 0 Å². The molecule has 0 aliphatic rings. The Morgan fingerprint density at radius 1 is 0.783 bits per heavy atom. The van der Waals surface area contributed by atoms with Crippen molar-refractivity contribution in [3.8, 4) is 0 Å². The van der Waals surface area contributed by atoms with Crippen LogP contribution >= 0.6 is 10.5 Å². The maximum absolute atomic E-state index is 12.2. The van der Waals surface area contributed by atoms with Crippen molar-refractivity contribution >= 4 is 33.7 Å². The van der Waals surface area contributed by atoms with E-state index in [0.29, 0.717) is 10.6 Å². The standard InChI is InChI=1S/C16H18O4S3/c1-22(17,18)16(23(2,19)20)21(15-11-7-4-8-12-15)13-14-9-5-3-6-10-14/h3-12H,13H2,1-2H3. The fourth-order valence-corrected chi connectivity index (χ4v) is 9.75. The van der Waals surface area contributed by atoms with Gasteiger partial charge in [0.25, 0.3) is 0 Å². The van der Waals surface area contributed by atoms with Crippen LogP contribution in [0, 0.1) is 0 Å². The monoisotopic (exact) mass is 370 g/mol. The molecule has 0 saturated heterocycles. The zero-order chi connectivity index (χ0) is 17.1. The third-order valence-corrected chi connectivity index (χ3v) is 10.9. The highest BCUT2D eigenvalue weighted by molar-refractivity contribution is 8.47. The van der Waals surface area contributed by atoms with E-state index in [2.05, 4.69) is 0 Å². The Morgan fingerprint density at radius 2 is 1.22 bits per heavy atom. The summed E-state index contributed by atoms with van der Waals surface area (Å²) in [6.45, 7) is 0. The van der Waals surface area contributed by atoms with Crippen molar-refractivity contribution in [3.63, 3.8) is 0 Å². The first-order valence-corrected chi connectivity index (χ1v) is 11.9. The highest BCUT2D eigenvalue weighted by atomic mass is 32.3. The Bertz CT molecular complexity index is 880. The SMILES string of the molecule is CS(=O)(=O)C(=S(Cc1ccccc1)c1ccccc1)S(C)(=O)=O. The molecule has 124 valence electrons. The Balaban J connectivity index is 2.78. The van der Waals surface area contributed by atoms with E-state index in [4.69, 9.17) is 0 Å². The summed E-state index contributed by atoms with van der Waals surface area (Å²) in [4.78, 5) is 0.696. The molecule has 2 rings (SSSR count). The van der Waals surface area contributed by atoms with Gasteiger partial charge in [-0.25, -0.2) is 16.8 Å². The minimum Gasteiger partial charge on any atom is -0.223 e. The number of hydrogen-bond donors (Lipinski definition) is 0. The molecular weight excluding hydrogens is 352 g/mol. The minimum absolute atomic E-state index is 0.334. The summed E-state index contributed by atoms with van der Waals surface area (Å²) >= 11 is 0. The summed E-state index contributed by atoms with van der Waals surface area (Å²) in [5, 5.41) is 0. The summed E-state index contributed by atoms with van der Waals surface area (Å²) < 4.78 is 48.3. The van der Waals surface area contributed by atoms with E-state index in [1.165, 1.54) is 0 Å². The van der Waals surface area contributed by atoms with E-state index < -0.39 is 33.7 Å². The molecule has 7 heteroatoms. The van der Waals surface area contributed by atoms with Crippen molar-refractivity contribution in [3.05, 3.63) is 66.2 Å². The maximum Gasteiger partial charge on any atom is 0.192 e. The normalized spacial score (nSPS) is 13.5. The lowest BCUT2D eigenvalue weighted by Gasteiger charge is -2.15. The summed E-state index contributed by atoms with van der Waals surface area (Å²) in [6.07, 6.45) is 1.91. The largest absolute Gasteiger partial charge is 0.223 e. The summed E-state index contributed by atoms with van der Waals surface area (Å²) in [6, 6.07) is 18.2. The van der Waals surface area contributed by atoms with Crippen molar-refractivity contribution in [1.29, 1.82) is 0 Å². The van der Waals surface area contributed by atoms with Crippen LogP contribution in [0.25, 0.3) is 0 Å². The third kappa shape index (κ3) is 4.76. The van der Waals surface area contributed by atoms with Crippen LogP contribution in [0.15, 0.2) is 65.6 Å². The van der Waals surface area contributed by atoms with Gasteiger partial charge in [-0.05, 0) is 17.7 Å². The molecule has 23 heavy (non-hydrogen) atoms. The molecule has 0 aliphatic heterocycles. The molecule has 0 heterocycles. The van der Waals surface area contributed by atoms with Crippen LogP contribution in [0.4, 0.5) is 0 Å². The molecule has 0 amide bonds. The smallest absolute Gasteiger partial charge is 0.192 e. The summed E-state index contributed by atoms with van der Waals surface area (Å²) in [5.41, 5.74) is 0.893. The topological polar surface area (TPSA) is 68.3 Å². The van der Waals surface area contributed by atoms with Gasteiger partial charge in [0.2, 0.25) is 0 Å². The minimum atomic E-state index is -3.85. The van der Waals surface area contributed by atoms with Gasteiger partial charge < -0.3 is 0 Å². The van der Waals surface area contributed by atoms with E-state index in [1.807, 2.05) is 36.4 Å². The van der Waals surface area contributed by atoms with E-state index in [-0.39, 0.29) is 0 Å². The van der Waals surface area contributed by atoms with Gasteiger partial charge in [0.1, 0.15) is 0 Å². The van der Waals surface area contributed by atoms with Crippen molar-refractivity contribution in [2.75, 3.05) is 12.5 Å². The molecule has 0 bridgehead atoms. The van der Waals surface area contributed by atoms with Gasteiger partial charge in [-0.1, -0.05) is 48.5 Å². The number of hydrogen-bond acceptors (Lipinski definition) is 4. The molecule has 2 aromatic rings. The molecule has 0 saturated carbocycles. The van der Waals surface area contributed by atoms with Crippen LogP contribution in [-0.4, -0.2) is 32.9 Å². The molecule has 4 nitrogen and oxygen atoms in total. The van der Waals surface area contributed by atoms with E-state index >= 15 is 0 Å².